The van der Waals surface area contributed by atoms with Crippen molar-refractivity contribution in [2.24, 2.45) is 0 Å². The van der Waals surface area contributed by atoms with Gasteiger partial charge in [-0.25, -0.2) is 4.79 Å². The lowest BCUT2D eigenvalue weighted by atomic mass is 10.2. The highest BCUT2D eigenvalue weighted by atomic mass is 32.1. The molecular weight excluding hydrogens is 188 g/mol. The number of hydrogen-bond acceptors (Lipinski definition) is 4. The minimum atomic E-state index is -0.442. The van der Waals surface area contributed by atoms with E-state index < -0.39 is 5.97 Å². The SMILES string of the molecule is COC(=O)c1c(S)cccc1OC. The zero-order valence-corrected chi connectivity index (χ0v) is 8.30. The molecule has 1 aromatic rings. The Morgan fingerprint density at radius 1 is 1.38 bits per heavy atom. The maximum atomic E-state index is 11.3. The third-order valence-corrected chi connectivity index (χ3v) is 1.99. The Kier molecular flexibility index (Phi) is 3.19. The largest absolute Gasteiger partial charge is 0.496 e. The van der Waals surface area contributed by atoms with Gasteiger partial charge in [0.2, 0.25) is 0 Å². The zero-order chi connectivity index (χ0) is 9.84. The smallest absolute Gasteiger partial charge is 0.342 e. The van der Waals surface area contributed by atoms with Gasteiger partial charge in [0, 0.05) is 4.90 Å². The predicted octanol–water partition coefficient (Wildman–Crippen LogP) is 1.77. The number of rotatable bonds is 2. The zero-order valence-electron chi connectivity index (χ0n) is 7.40. The molecule has 0 saturated heterocycles. The summed E-state index contributed by atoms with van der Waals surface area (Å²) < 4.78 is 9.59. The van der Waals surface area contributed by atoms with E-state index in [-0.39, 0.29) is 0 Å². The molecule has 1 aromatic carbocycles. The standard InChI is InChI=1S/C9H10O3S/c1-11-6-4-3-5-7(13)8(6)9(10)12-2/h3-5,13H,1-2H3. The molecule has 0 radical (unpaired) electrons. The van der Waals surface area contributed by atoms with Crippen LogP contribution in [0.4, 0.5) is 0 Å². The first-order chi connectivity index (χ1) is 6.20. The van der Waals surface area contributed by atoms with Crippen molar-refractivity contribution >= 4 is 18.6 Å². The first-order valence-corrected chi connectivity index (χ1v) is 4.09. The molecule has 13 heavy (non-hydrogen) atoms. The Bertz CT molecular complexity index is 323. The van der Waals surface area contributed by atoms with E-state index in [9.17, 15) is 4.79 Å². The number of carbonyl (C=O) groups is 1. The van der Waals surface area contributed by atoms with Gasteiger partial charge in [-0.1, -0.05) is 6.07 Å². The number of thiol groups is 1. The number of hydrogen-bond donors (Lipinski definition) is 1. The van der Waals surface area contributed by atoms with Crippen LogP contribution in [0, 0.1) is 0 Å². The van der Waals surface area contributed by atoms with Crippen LogP contribution in [0.3, 0.4) is 0 Å². The lowest BCUT2D eigenvalue weighted by Crippen LogP contribution is -2.05. The van der Waals surface area contributed by atoms with Crippen LogP contribution >= 0.6 is 12.6 Å². The number of carbonyl (C=O) groups excluding carboxylic acids is 1. The Labute approximate surface area is 82.1 Å². The third-order valence-electron chi connectivity index (χ3n) is 1.61. The first kappa shape index (κ1) is 9.92. The van der Waals surface area contributed by atoms with E-state index in [0.717, 1.165) is 0 Å². The molecule has 0 aliphatic carbocycles. The molecule has 1 rings (SSSR count). The topological polar surface area (TPSA) is 35.5 Å². The highest BCUT2D eigenvalue weighted by Crippen LogP contribution is 2.25. The summed E-state index contributed by atoms with van der Waals surface area (Å²) in [7, 11) is 2.82. The normalized spacial score (nSPS) is 9.46. The molecule has 0 aliphatic heterocycles. The van der Waals surface area contributed by atoms with Gasteiger partial charge in [0.05, 0.1) is 14.2 Å². The molecule has 0 N–H and O–H groups in total. The Hall–Kier alpha value is -1.16. The minimum Gasteiger partial charge on any atom is -0.496 e. The van der Waals surface area contributed by atoms with Crippen LogP contribution in [0.25, 0.3) is 0 Å². The van der Waals surface area contributed by atoms with Crippen molar-refractivity contribution in [3.63, 3.8) is 0 Å². The molecule has 3 nitrogen and oxygen atoms in total. The fourth-order valence-corrected chi connectivity index (χ4v) is 1.28. The maximum absolute atomic E-state index is 11.3. The van der Waals surface area contributed by atoms with Crippen LogP contribution in [0.15, 0.2) is 23.1 Å². The molecule has 70 valence electrons. The fraction of sp³-hybridized carbons (Fsp3) is 0.222. The van der Waals surface area contributed by atoms with E-state index in [4.69, 9.17) is 4.74 Å². The second-order valence-corrected chi connectivity index (χ2v) is 2.83. The molecule has 0 heterocycles. The summed E-state index contributed by atoms with van der Waals surface area (Å²) in [5, 5.41) is 0. The Balaban J connectivity index is 3.22. The number of benzene rings is 1. The molecule has 0 amide bonds. The molecule has 0 atom stereocenters. The average Bonchev–Trinajstić information content (AvgIpc) is 2.16. The van der Waals surface area contributed by atoms with Crippen LogP contribution in [-0.4, -0.2) is 20.2 Å². The van der Waals surface area contributed by atoms with Crippen LogP contribution in [0.5, 0.6) is 5.75 Å². The van der Waals surface area contributed by atoms with Crippen molar-refractivity contribution < 1.29 is 14.3 Å². The summed E-state index contributed by atoms with van der Waals surface area (Å²) in [5.41, 5.74) is 0.357. The summed E-state index contributed by atoms with van der Waals surface area (Å²) in [4.78, 5) is 11.8. The summed E-state index contributed by atoms with van der Waals surface area (Å²) in [6.07, 6.45) is 0. The molecule has 0 fully saturated rings. The third kappa shape index (κ3) is 1.95. The van der Waals surface area contributed by atoms with Gasteiger partial charge in [-0.2, -0.15) is 0 Å². The summed E-state index contributed by atoms with van der Waals surface area (Å²) >= 11 is 4.13. The van der Waals surface area contributed by atoms with Crippen LogP contribution < -0.4 is 4.74 Å². The second-order valence-electron chi connectivity index (χ2n) is 2.35. The van der Waals surface area contributed by atoms with Crippen LogP contribution in [-0.2, 0) is 4.74 Å². The van der Waals surface area contributed by atoms with E-state index in [0.29, 0.717) is 16.2 Å². The van der Waals surface area contributed by atoms with E-state index in [1.54, 1.807) is 18.2 Å². The van der Waals surface area contributed by atoms with Gasteiger partial charge in [-0.3, -0.25) is 0 Å². The Morgan fingerprint density at radius 2 is 2.08 bits per heavy atom. The summed E-state index contributed by atoms with van der Waals surface area (Å²) in [6, 6.07) is 5.15. The van der Waals surface area contributed by atoms with E-state index in [1.807, 2.05) is 0 Å². The van der Waals surface area contributed by atoms with Crippen molar-refractivity contribution in [3.05, 3.63) is 23.8 Å². The molecule has 4 heteroatoms. The van der Waals surface area contributed by atoms with E-state index in [2.05, 4.69) is 17.4 Å². The highest BCUT2D eigenvalue weighted by molar-refractivity contribution is 7.80. The average molecular weight is 198 g/mol. The van der Waals surface area contributed by atoms with Crippen molar-refractivity contribution in [2.45, 2.75) is 4.90 Å². The van der Waals surface area contributed by atoms with Gasteiger partial charge < -0.3 is 9.47 Å². The molecule has 0 spiro atoms. The quantitative estimate of drug-likeness (QED) is 0.581. The van der Waals surface area contributed by atoms with E-state index in [1.165, 1.54) is 14.2 Å². The van der Waals surface area contributed by atoms with Crippen LogP contribution in [0.2, 0.25) is 0 Å². The number of esters is 1. The lowest BCUT2D eigenvalue weighted by molar-refractivity contribution is 0.0593. The second kappa shape index (κ2) is 4.18. The minimum absolute atomic E-state index is 0.357. The van der Waals surface area contributed by atoms with Gasteiger partial charge in [0.25, 0.3) is 0 Å². The summed E-state index contributed by atoms with van der Waals surface area (Å²) in [6.45, 7) is 0. The number of methoxy groups -OCH3 is 2. The highest BCUT2D eigenvalue weighted by Gasteiger charge is 2.15. The first-order valence-electron chi connectivity index (χ1n) is 3.65. The van der Waals surface area contributed by atoms with Gasteiger partial charge in [-0.05, 0) is 12.1 Å². The lowest BCUT2D eigenvalue weighted by Gasteiger charge is -2.07. The molecule has 0 saturated carbocycles. The van der Waals surface area contributed by atoms with Gasteiger partial charge in [0.15, 0.2) is 0 Å². The van der Waals surface area contributed by atoms with Crippen molar-refractivity contribution in [1.29, 1.82) is 0 Å². The molecule has 0 unspecified atom stereocenters. The maximum Gasteiger partial charge on any atom is 0.342 e. The fourth-order valence-electron chi connectivity index (χ4n) is 0.997. The van der Waals surface area contributed by atoms with E-state index >= 15 is 0 Å². The molecular formula is C9H10O3S. The molecule has 0 aliphatic rings. The van der Waals surface area contributed by atoms with Gasteiger partial charge in [0.1, 0.15) is 11.3 Å². The number of ether oxygens (including phenoxy) is 2. The van der Waals surface area contributed by atoms with Gasteiger partial charge in [-0.15, -0.1) is 12.6 Å². The van der Waals surface area contributed by atoms with Crippen molar-refractivity contribution in [2.75, 3.05) is 14.2 Å². The van der Waals surface area contributed by atoms with Crippen molar-refractivity contribution in [3.8, 4) is 5.75 Å². The predicted molar refractivity (Wildman–Crippen MR) is 51.6 cm³/mol. The molecule has 0 aromatic heterocycles. The van der Waals surface area contributed by atoms with Crippen molar-refractivity contribution in [1.82, 2.24) is 0 Å². The van der Waals surface area contributed by atoms with Gasteiger partial charge >= 0.3 is 5.97 Å². The van der Waals surface area contributed by atoms with Crippen LogP contribution in [0.1, 0.15) is 10.4 Å². The Morgan fingerprint density at radius 3 is 2.62 bits per heavy atom. The summed E-state index contributed by atoms with van der Waals surface area (Å²) in [5.74, 6) is 0.0294. The molecule has 0 bridgehead atoms. The monoisotopic (exact) mass is 198 g/mol.